The van der Waals surface area contributed by atoms with E-state index in [9.17, 15) is 4.79 Å². The smallest absolute Gasteiger partial charge is 0.137 e. The summed E-state index contributed by atoms with van der Waals surface area (Å²) in [4.78, 5) is 14.5. The molecule has 118 valence electrons. The monoisotopic (exact) mass is 371 g/mol. The summed E-state index contributed by atoms with van der Waals surface area (Å²) in [6, 6.07) is 2.17. The number of Topliss-reactive ketones (excluding diaryl/α,β-unsaturated/α-hetero) is 1. The molecule has 0 amide bonds. The van der Waals surface area contributed by atoms with Crippen molar-refractivity contribution in [1.29, 1.82) is 0 Å². The Labute approximate surface area is 141 Å². The Kier molecular flexibility index (Phi) is 5.66. The van der Waals surface area contributed by atoms with Crippen LogP contribution in [0.3, 0.4) is 0 Å². The van der Waals surface area contributed by atoms with E-state index in [0.29, 0.717) is 17.1 Å². The first-order valence-electron chi connectivity index (χ1n) is 7.70. The minimum atomic E-state index is 0.218. The van der Waals surface area contributed by atoms with Crippen LogP contribution in [0.5, 0.6) is 0 Å². The Morgan fingerprint density at radius 2 is 2.14 bits per heavy atom. The fraction of sp³-hybridized carbons (Fsp3) is 0.706. The van der Waals surface area contributed by atoms with Gasteiger partial charge in [-0.05, 0) is 64.2 Å². The highest BCUT2D eigenvalue weighted by Crippen LogP contribution is 2.39. The van der Waals surface area contributed by atoms with Gasteiger partial charge in [0.15, 0.2) is 0 Å². The van der Waals surface area contributed by atoms with Crippen LogP contribution in [0.15, 0.2) is 15.2 Å². The van der Waals surface area contributed by atoms with Crippen LogP contribution in [0.1, 0.15) is 45.6 Å². The molecule has 2 nitrogen and oxygen atoms in total. The Bertz CT molecular complexity index is 491. The topological polar surface area (TPSA) is 20.3 Å². The maximum Gasteiger partial charge on any atom is 0.137 e. The summed E-state index contributed by atoms with van der Waals surface area (Å²) in [6.45, 7) is 8.72. The van der Waals surface area contributed by atoms with Crippen molar-refractivity contribution in [2.45, 2.75) is 46.6 Å². The van der Waals surface area contributed by atoms with Gasteiger partial charge >= 0.3 is 0 Å². The lowest BCUT2D eigenvalue weighted by Crippen LogP contribution is -2.37. The highest BCUT2D eigenvalue weighted by molar-refractivity contribution is 9.11. The quantitative estimate of drug-likeness (QED) is 0.743. The van der Waals surface area contributed by atoms with E-state index in [1.165, 1.54) is 9.35 Å². The van der Waals surface area contributed by atoms with Crippen LogP contribution >= 0.6 is 27.3 Å². The third-order valence-corrected chi connectivity index (χ3v) is 6.15. The Morgan fingerprint density at radius 3 is 2.71 bits per heavy atom. The predicted molar refractivity (Wildman–Crippen MR) is 93.6 cm³/mol. The van der Waals surface area contributed by atoms with Gasteiger partial charge in [0.25, 0.3) is 0 Å². The molecule has 1 fully saturated rings. The summed E-state index contributed by atoms with van der Waals surface area (Å²) in [5.41, 5.74) is 1.64. The van der Waals surface area contributed by atoms with Crippen molar-refractivity contribution < 1.29 is 4.79 Å². The number of nitrogens with zero attached hydrogens (tertiary/aromatic N) is 1. The van der Waals surface area contributed by atoms with E-state index in [0.717, 1.165) is 32.4 Å². The number of carbonyl (C=O) groups excluding carboxylic acids is 1. The molecule has 21 heavy (non-hydrogen) atoms. The second kappa shape index (κ2) is 6.93. The van der Waals surface area contributed by atoms with Crippen molar-refractivity contribution in [1.82, 2.24) is 4.90 Å². The number of rotatable bonds is 4. The standard InChI is InChI=1S/C17H26BrNOS/c1-17(2,3)14-5-6-15(20)13(8-14)10-19(4)9-12-7-16(18)21-11-12/h7,11,13-14H,5-6,8-10H2,1-4H3. The molecule has 2 atom stereocenters. The summed E-state index contributed by atoms with van der Waals surface area (Å²) < 4.78 is 1.17. The van der Waals surface area contributed by atoms with Gasteiger partial charge in [-0.1, -0.05) is 20.8 Å². The van der Waals surface area contributed by atoms with Crippen LogP contribution in [0, 0.1) is 17.3 Å². The molecule has 2 rings (SSSR count). The number of thiophene rings is 1. The van der Waals surface area contributed by atoms with Crippen molar-refractivity contribution in [3.05, 3.63) is 20.8 Å². The van der Waals surface area contributed by atoms with Crippen LogP contribution in [0.2, 0.25) is 0 Å². The van der Waals surface area contributed by atoms with Gasteiger partial charge in [-0.3, -0.25) is 4.79 Å². The van der Waals surface area contributed by atoms with E-state index in [4.69, 9.17) is 0 Å². The first-order chi connectivity index (χ1) is 9.75. The highest BCUT2D eigenvalue weighted by Gasteiger charge is 2.35. The molecular formula is C17H26BrNOS. The maximum absolute atomic E-state index is 12.2. The van der Waals surface area contributed by atoms with Crippen LogP contribution in [0.25, 0.3) is 0 Å². The predicted octanol–water partition coefficient (Wildman–Crippen LogP) is 4.97. The van der Waals surface area contributed by atoms with Gasteiger partial charge in [0, 0.05) is 25.4 Å². The normalized spacial score (nSPS) is 23.8. The van der Waals surface area contributed by atoms with Crippen LogP contribution in [-0.4, -0.2) is 24.3 Å². The molecule has 0 bridgehead atoms. The van der Waals surface area contributed by atoms with E-state index in [2.05, 4.69) is 60.1 Å². The minimum absolute atomic E-state index is 0.218. The zero-order valence-corrected chi connectivity index (χ0v) is 15.9. The molecule has 4 heteroatoms. The highest BCUT2D eigenvalue weighted by atomic mass is 79.9. The van der Waals surface area contributed by atoms with Gasteiger partial charge in [0.1, 0.15) is 5.78 Å². The lowest BCUT2D eigenvalue weighted by Gasteiger charge is -2.38. The zero-order chi connectivity index (χ0) is 15.6. The average molecular weight is 372 g/mol. The van der Waals surface area contributed by atoms with E-state index < -0.39 is 0 Å². The molecule has 1 saturated carbocycles. The first-order valence-corrected chi connectivity index (χ1v) is 9.37. The summed E-state index contributed by atoms with van der Waals surface area (Å²) in [5, 5.41) is 2.18. The Balaban J connectivity index is 1.92. The van der Waals surface area contributed by atoms with Crippen molar-refractivity contribution in [3.8, 4) is 0 Å². The molecule has 0 aliphatic heterocycles. The van der Waals surface area contributed by atoms with Crippen molar-refractivity contribution in [2.75, 3.05) is 13.6 Å². The van der Waals surface area contributed by atoms with Crippen molar-refractivity contribution in [2.24, 2.45) is 17.3 Å². The number of halogens is 1. The molecular weight excluding hydrogens is 346 g/mol. The molecule has 1 aromatic rings. The van der Waals surface area contributed by atoms with Crippen molar-refractivity contribution in [3.63, 3.8) is 0 Å². The maximum atomic E-state index is 12.2. The van der Waals surface area contributed by atoms with Gasteiger partial charge < -0.3 is 4.90 Å². The zero-order valence-electron chi connectivity index (χ0n) is 13.5. The summed E-state index contributed by atoms with van der Waals surface area (Å²) in [6.07, 6.45) is 2.89. The average Bonchev–Trinajstić information content (AvgIpc) is 2.76. The number of carbonyl (C=O) groups is 1. The summed E-state index contributed by atoms with van der Waals surface area (Å²) >= 11 is 5.23. The molecule has 0 radical (unpaired) electrons. The largest absolute Gasteiger partial charge is 0.301 e. The SMILES string of the molecule is CN(Cc1csc(Br)c1)CC1CC(C(C)(C)C)CCC1=O. The molecule has 2 unspecified atom stereocenters. The summed E-state index contributed by atoms with van der Waals surface area (Å²) in [7, 11) is 2.12. The molecule has 1 aromatic heterocycles. The molecule has 0 spiro atoms. The van der Waals surface area contributed by atoms with E-state index in [1.807, 2.05) is 0 Å². The van der Waals surface area contributed by atoms with Gasteiger partial charge in [-0.15, -0.1) is 11.3 Å². The molecule has 1 aliphatic carbocycles. The van der Waals surface area contributed by atoms with E-state index in [1.54, 1.807) is 11.3 Å². The van der Waals surface area contributed by atoms with Gasteiger partial charge in [0.05, 0.1) is 3.79 Å². The second-order valence-electron chi connectivity index (χ2n) is 7.46. The first kappa shape index (κ1) is 17.2. The number of ketones is 1. The van der Waals surface area contributed by atoms with Crippen LogP contribution < -0.4 is 0 Å². The Morgan fingerprint density at radius 1 is 1.43 bits per heavy atom. The van der Waals surface area contributed by atoms with E-state index >= 15 is 0 Å². The lowest BCUT2D eigenvalue weighted by atomic mass is 9.68. The minimum Gasteiger partial charge on any atom is -0.301 e. The molecule has 0 aromatic carbocycles. The van der Waals surface area contributed by atoms with Gasteiger partial charge in [-0.2, -0.15) is 0 Å². The van der Waals surface area contributed by atoms with Crippen molar-refractivity contribution >= 4 is 33.0 Å². The molecule has 1 aliphatic rings. The fourth-order valence-corrected chi connectivity index (χ4v) is 4.46. The van der Waals surface area contributed by atoms with E-state index in [-0.39, 0.29) is 5.92 Å². The Hall–Kier alpha value is -0.190. The summed E-state index contributed by atoms with van der Waals surface area (Å²) in [5.74, 6) is 1.35. The fourth-order valence-electron chi connectivity index (χ4n) is 3.26. The van der Waals surface area contributed by atoms with Crippen LogP contribution in [-0.2, 0) is 11.3 Å². The number of hydrogen-bond donors (Lipinski definition) is 0. The molecule has 0 saturated heterocycles. The third kappa shape index (κ3) is 4.90. The lowest BCUT2D eigenvalue weighted by molar-refractivity contribution is -0.127. The third-order valence-electron chi connectivity index (χ3n) is 4.59. The van der Waals surface area contributed by atoms with Gasteiger partial charge in [0.2, 0.25) is 0 Å². The number of hydrogen-bond acceptors (Lipinski definition) is 3. The van der Waals surface area contributed by atoms with Gasteiger partial charge in [-0.25, -0.2) is 0 Å². The molecule has 1 heterocycles. The molecule has 0 N–H and O–H groups in total. The van der Waals surface area contributed by atoms with Crippen LogP contribution in [0.4, 0.5) is 0 Å². The second-order valence-corrected chi connectivity index (χ2v) is 9.75.